The molecule has 1 N–H and O–H groups in total. The van der Waals surface area contributed by atoms with Gasteiger partial charge in [-0.2, -0.15) is 4.31 Å². The number of rotatable bonds is 9. The standard InChI is InChI=1S/C20H26N2O6S/c1-6-22(7-2)29(24,25)16-10-8-15(9-11-16)21-20(23)14-12-17(26-3)19(28-5)18(13-14)27-4/h8-13H,6-7H2,1-5H3,(H,21,23). The van der Waals surface area contributed by atoms with Crippen LogP contribution in [0.25, 0.3) is 0 Å². The third-order valence-corrected chi connectivity index (χ3v) is 6.45. The van der Waals surface area contributed by atoms with Gasteiger partial charge in [-0.15, -0.1) is 0 Å². The lowest BCUT2D eigenvalue weighted by Gasteiger charge is -2.18. The molecule has 0 radical (unpaired) electrons. The Balaban J connectivity index is 2.26. The van der Waals surface area contributed by atoms with Crippen molar-refractivity contribution >= 4 is 21.6 Å². The van der Waals surface area contributed by atoms with E-state index in [-0.39, 0.29) is 4.90 Å². The largest absolute Gasteiger partial charge is 0.493 e. The summed E-state index contributed by atoms with van der Waals surface area (Å²) in [6, 6.07) is 9.11. The highest BCUT2D eigenvalue weighted by Gasteiger charge is 2.21. The summed E-state index contributed by atoms with van der Waals surface area (Å²) < 4.78 is 42.2. The molecule has 158 valence electrons. The second-order valence-electron chi connectivity index (χ2n) is 5.98. The van der Waals surface area contributed by atoms with Crippen LogP contribution in [0.4, 0.5) is 5.69 Å². The summed E-state index contributed by atoms with van der Waals surface area (Å²) in [5.41, 5.74) is 0.765. The SMILES string of the molecule is CCN(CC)S(=O)(=O)c1ccc(NC(=O)c2cc(OC)c(OC)c(OC)c2)cc1. The Labute approximate surface area is 171 Å². The zero-order chi connectivity index (χ0) is 21.6. The summed E-state index contributed by atoms with van der Waals surface area (Å²) in [5, 5.41) is 2.73. The molecule has 0 bridgehead atoms. The Morgan fingerprint density at radius 2 is 1.45 bits per heavy atom. The van der Waals surface area contributed by atoms with E-state index in [4.69, 9.17) is 14.2 Å². The first-order chi connectivity index (χ1) is 13.8. The van der Waals surface area contributed by atoms with Crippen LogP contribution < -0.4 is 19.5 Å². The number of benzene rings is 2. The van der Waals surface area contributed by atoms with Gasteiger partial charge in [0.2, 0.25) is 15.8 Å². The first-order valence-corrected chi connectivity index (χ1v) is 10.5. The van der Waals surface area contributed by atoms with E-state index in [9.17, 15) is 13.2 Å². The zero-order valence-corrected chi connectivity index (χ0v) is 18.0. The molecule has 0 atom stereocenters. The van der Waals surface area contributed by atoms with E-state index in [1.807, 2.05) is 0 Å². The molecule has 0 heterocycles. The summed E-state index contributed by atoms with van der Waals surface area (Å²) in [6.07, 6.45) is 0. The number of methoxy groups -OCH3 is 3. The van der Waals surface area contributed by atoms with E-state index < -0.39 is 15.9 Å². The lowest BCUT2D eigenvalue weighted by Crippen LogP contribution is -2.30. The van der Waals surface area contributed by atoms with Crippen LogP contribution in [-0.2, 0) is 10.0 Å². The van der Waals surface area contributed by atoms with Crippen molar-refractivity contribution in [2.24, 2.45) is 0 Å². The first-order valence-electron chi connectivity index (χ1n) is 9.03. The number of anilines is 1. The van der Waals surface area contributed by atoms with Crippen LogP contribution in [-0.4, -0.2) is 53.0 Å². The first kappa shape index (κ1) is 22.5. The number of hydrogen-bond acceptors (Lipinski definition) is 6. The fraction of sp³-hybridized carbons (Fsp3) is 0.350. The molecular formula is C20H26N2O6S. The predicted octanol–water partition coefficient (Wildman–Crippen LogP) is 3.00. The summed E-state index contributed by atoms with van der Waals surface area (Å²) in [4.78, 5) is 12.8. The maximum absolute atomic E-state index is 12.6. The molecule has 0 saturated carbocycles. The van der Waals surface area contributed by atoms with E-state index in [2.05, 4.69) is 5.32 Å². The number of nitrogens with one attached hydrogen (secondary N) is 1. The average Bonchev–Trinajstić information content (AvgIpc) is 2.73. The van der Waals surface area contributed by atoms with Crippen LogP contribution >= 0.6 is 0 Å². The van der Waals surface area contributed by atoms with Gasteiger partial charge in [-0.1, -0.05) is 13.8 Å². The van der Waals surface area contributed by atoms with E-state index in [0.29, 0.717) is 41.6 Å². The van der Waals surface area contributed by atoms with Crippen molar-refractivity contribution in [2.45, 2.75) is 18.7 Å². The Bertz CT molecular complexity index is 928. The Morgan fingerprint density at radius 1 is 0.931 bits per heavy atom. The highest BCUT2D eigenvalue weighted by Crippen LogP contribution is 2.38. The maximum atomic E-state index is 12.6. The molecule has 0 unspecified atom stereocenters. The molecule has 1 amide bonds. The molecule has 0 aliphatic rings. The molecule has 9 heteroatoms. The van der Waals surface area contributed by atoms with Crippen molar-refractivity contribution in [3.63, 3.8) is 0 Å². The zero-order valence-electron chi connectivity index (χ0n) is 17.2. The molecule has 0 spiro atoms. The highest BCUT2D eigenvalue weighted by molar-refractivity contribution is 7.89. The van der Waals surface area contributed by atoms with Crippen LogP contribution in [0.15, 0.2) is 41.3 Å². The number of carbonyl (C=O) groups is 1. The van der Waals surface area contributed by atoms with Crippen LogP contribution in [0, 0.1) is 0 Å². The van der Waals surface area contributed by atoms with Gasteiger partial charge in [0.1, 0.15) is 0 Å². The monoisotopic (exact) mass is 422 g/mol. The lowest BCUT2D eigenvalue weighted by molar-refractivity contribution is 0.102. The van der Waals surface area contributed by atoms with Gasteiger partial charge in [-0.3, -0.25) is 4.79 Å². The molecule has 2 aromatic rings. The molecule has 2 rings (SSSR count). The second kappa shape index (κ2) is 9.62. The lowest BCUT2D eigenvalue weighted by atomic mass is 10.1. The van der Waals surface area contributed by atoms with Crippen molar-refractivity contribution in [2.75, 3.05) is 39.7 Å². The molecule has 0 fully saturated rings. The quantitative estimate of drug-likeness (QED) is 0.668. The third-order valence-electron chi connectivity index (χ3n) is 4.38. The molecule has 8 nitrogen and oxygen atoms in total. The number of hydrogen-bond donors (Lipinski definition) is 1. The topological polar surface area (TPSA) is 94.2 Å². The number of carbonyl (C=O) groups excluding carboxylic acids is 1. The van der Waals surface area contributed by atoms with Crippen molar-refractivity contribution in [1.82, 2.24) is 4.31 Å². The van der Waals surface area contributed by atoms with Crippen molar-refractivity contribution in [3.05, 3.63) is 42.0 Å². The van der Waals surface area contributed by atoms with Gasteiger partial charge in [0.15, 0.2) is 11.5 Å². The van der Waals surface area contributed by atoms with Gasteiger partial charge in [-0.25, -0.2) is 8.42 Å². The summed E-state index contributed by atoms with van der Waals surface area (Å²) in [7, 11) is 0.862. The summed E-state index contributed by atoms with van der Waals surface area (Å²) in [6.45, 7) is 4.34. The summed E-state index contributed by atoms with van der Waals surface area (Å²) >= 11 is 0. The van der Waals surface area contributed by atoms with Crippen LogP contribution in [0.3, 0.4) is 0 Å². The average molecular weight is 423 g/mol. The highest BCUT2D eigenvalue weighted by atomic mass is 32.2. The fourth-order valence-corrected chi connectivity index (χ4v) is 4.30. The summed E-state index contributed by atoms with van der Waals surface area (Å²) in [5.74, 6) is 0.705. The predicted molar refractivity (Wildman–Crippen MR) is 111 cm³/mol. The van der Waals surface area contributed by atoms with Crippen molar-refractivity contribution < 1.29 is 27.4 Å². The van der Waals surface area contributed by atoms with Gasteiger partial charge in [-0.05, 0) is 36.4 Å². The second-order valence-corrected chi connectivity index (χ2v) is 7.92. The van der Waals surface area contributed by atoms with Gasteiger partial charge in [0.05, 0.1) is 26.2 Å². The van der Waals surface area contributed by atoms with Crippen molar-refractivity contribution in [1.29, 1.82) is 0 Å². The van der Waals surface area contributed by atoms with E-state index in [0.717, 1.165) is 0 Å². The van der Waals surface area contributed by atoms with Gasteiger partial charge < -0.3 is 19.5 Å². The number of ether oxygens (including phenoxy) is 3. The number of nitrogens with zero attached hydrogens (tertiary/aromatic N) is 1. The molecule has 0 saturated heterocycles. The smallest absolute Gasteiger partial charge is 0.255 e. The third kappa shape index (κ3) is 4.80. The van der Waals surface area contributed by atoms with Crippen LogP contribution in [0.5, 0.6) is 17.2 Å². The molecule has 0 aliphatic heterocycles. The molecule has 0 aliphatic carbocycles. The minimum absolute atomic E-state index is 0.173. The van der Waals surface area contributed by atoms with Gasteiger partial charge >= 0.3 is 0 Å². The fourth-order valence-electron chi connectivity index (χ4n) is 2.84. The normalized spacial score (nSPS) is 11.2. The van der Waals surface area contributed by atoms with E-state index in [1.165, 1.54) is 49.9 Å². The van der Waals surface area contributed by atoms with Crippen molar-refractivity contribution in [3.8, 4) is 17.2 Å². The Kier molecular flexibility index (Phi) is 7.46. The molecule has 29 heavy (non-hydrogen) atoms. The van der Waals surface area contributed by atoms with Crippen LogP contribution in [0.1, 0.15) is 24.2 Å². The van der Waals surface area contributed by atoms with Gasteiger partial charge in [0, 0.05) is 24.3 Å². The minimum atomic E-state index is -3.55. The maximum Gasteiger partial charge on any atom is 0.255 e. The Hall–Kier alpha value is -2.78. The van der Waals surface area contributed by atoms with E-state index >= 15 is 0 Å². The van der Waals surface area contributed by atoms with Crippen LogP contribution in [0.2, 0.25) is 0 Å². The number of sulfonamides is 1. The molecule has 2 aromatic carbocycles. The van der Waals surface area contributed by atoms with E-state index in [1.54, 1.807) is 26.0 Å². The molecular weight excluding hydrogens is 396 g/mol. The van der Waals surface area contributed by atoms with Gasteiger partial charge in [0.25, 0.3) is 5.91 Å². The minimum Gasteiger partial charge on any atom is -0.493 e. The number of amides is 1. The Morgan fingerprint density at radius 3 is 1.86 bits per heavy atom. The molecule has 0 aromatic heterocycles.